The smallest absolute Gasteiger partial charge is 0.248 e. The Hall–Kier alpha value is -3.27. The Morgan fingerprint density at radius 3 is 2.67 bits per heavy atom. The summed E-state index contributed by atoms with van der Waals surface area (Å²) in [6.07, 6.45) is 11.3. The molecule has 2 aromatic carbocycles. The van der Waals surface area contributed by atoms with Gasteiger partial charge in [0.2, 0.25) is 5.91 Å². The first-order chi connectivity index (χ1) is 20.9. The molecule has 8 rings (SSSR count). The second kappa shape index (κ2) is 12.0. The number of fused-ring (bicyclic) bond motifs is 5. The average molecular weight is 605 g/mol. The zero-order valence-electron chi connectivity index (χ0n) is 24.4. The van der Waals surface area contributed by atoms with Crippen molar-refractivity contribution in [2.75, 3.05) is 50.5 Å². The minimum Gasteiger partial charge on any atom is -0.491 e. The van der Waals surface area contributed by atoms with Gasteiger partial charge in [-0.15, -0.1) is 0 Å². The van der Waals surface area contributed by atoms with Crippen molar-refractivity contribution in [2.24, 2.45) is 23.7 Å². The average Bonchev–Trinajstić information content (AvgIpc) is 3.46. The third-order valence-electron chi connectivity index (χ3n) is 9.87. The van der Waals surface area contributed by atoms with E-state index >= 15 is 0 Å². The first-order valence-electron chi connectivity index (χ1n) is 15.4. The van der Waals surface area contributed by atoms with Gasteiger partial charge in [-0.3, -0.25) is 9.69 Å². The molecule has 3 aromatic rings. The van der Waals surface area contributed by atoms with Gasteiger partial charge in [-0.2, -0.15) is 0 Å². The number of likely N-dealkylation sites (tertiary alicyclic amines) is 1. The molecule has 2 saturated carbocycles. The van der Waals surface area contributed by atoms with Crippen molar-refractivity contribution in [3.05, 3.63) is 59.7 Å². The highest BCUT2D eigenvalue weighted by Gasteiger charge is 2.53. The third kappa shape index (κ3) is 6.21. The molecule has 8 nitrogen and oxygen atoms in total. The van der Waals surface area contributed by atoms with Crippen molar-refractivity contribution >= 4 is 45.6 Å². The van der Waals surface area contributed by atoms with Crippen LogP contribution in [-0.4, -0.2) is 71.6 Å². The summed E-state index contributed by atoms with van der Waals surface area (Å²) in [6.45, 7) is 4.84. The fraction of sp³-hybridized carbons (Fsp3) is 0.485. The molecule has 5 fully saturated rings. The van der Waals surface area contributed by atoms with Crippen LogP contribution in [0.5, 0.6) is 5.75 Å². The molecule has 0 spiro atoms. The van der Waals surface area contributed by atoms with Gasteiger partial charge in [0.05, 0.1) is 22.8 Å². The van der Waals surface area contributed by atoms with Gasteiger partial charge in [0.1, 0.15) is 23.7 Å². The number of anilines is 3. The highest BCUT2D eigenvalue weighted by molar-refractivity contribution is 6.31. The Balaban J connectivity index is 1.09. The summed E-state index contributed by atoms with van der Waals surface area (Å²) in [7, 11) is 2.18. The molecular weight excluding hydrogens is 567 g/mol. The zero-order valence-corrected chi connectivity index (χ0v) is 25.2. The molecule has 2 atom stereocenters. The second-order valence-corrected chi connectivity index (χ2v) is 13.1. The molecule has 2 N–H and O–H groups in total. The molecule has 10 heteroatoms. The molecule has 3 saturated heterocycles. The van der Waals surface area contributed by atoms with Crippen molar-refractivity contribution in [1.82, 2.24) is 19.8 Å². The summed E-state index contributed by atoms with van der Waals surface area (Å²) in [5.41, 5.74) is 1.82. The number of halogens is 2. The van der Waals surface area contributed by atoms with Gasteiger partial charge in [0.25, 0.3) is 0 Å². The molecule has 43 heavy (non-hydrogen) atoms. The minimum absolute atomic E-state index is 0.0163. The van der Waals surface area contributed by atoms with Crippen molar-refractivity contribution < 1.29 is 13.9 Å². The maximum atomic E-state index is 13.7. The van der Waals surface area contributed by atoms with E-state index in [1.165, 1.54) is 57.2 Å². The van der Waals surface area contributed by atoms with Crippen molar-refractivity contribution in [2.45, 2.75) is 38.1 Å². The van der Waals surface area contributed by atoms with Gasteiger partial charge < -0.3 is 20.3 Å². The van der Waals surface area contributed by atoms with Crippen molar-refractivity contribution in [3.63, 3.8) is 0 Å². The van der Waals surface area contributed by atoms with E-state index in [4.69, 9.17) is 16.3 Å². The van der Waals surface area contributed by atoms with Crippen molar-refractivity contribution in [1.29, 1.82) is 0 Å². The van der Waals surface area contributed by atoms with Crippen molar-refractivity contribution in [3.8, 4) is 5.75 Å². The van der Waals surface area contributed by atoms with E-state index in [0.717, 1.165) is 37.3 Å². The maximum absolute atomic E-state index is 13.7. The van der Waals surface area contributed by atoms with Gasteiger partial charge in [0.15, 0.2) is 0 Å². The number of piperidine rings is 3. The van der Waals surface area contributed by atoms with Crippen LogP contribution in [0.3, 0.4) is 0 Å². The number of carbonyl (C=O) groups is 1. The number of benzene rings is 2. The zero-order chi connectivity index (χ0) is 29.5. The summed E-state index contributed by atoms with van der Waals surface area (Å²) in [6, 6.07) is 8.75. The van der Waals surface area contributed by atoms with Crippen LogP contribution < -0.4 is 15.4 Å². The van der Waals surface area contributed by atoms with Crippen LogP contribution in [0.2, 0.25) is 5.02 Å². The number of ether oxygens (including phenoxy) is 1. The second-order valence-electron chi connectivity index (χ2n) is 12.7. The van der Waals surface area contributed by atoms with Gasteiger partial charge in [-0.25, -0.2) is 14.4 Å². The Morgan fingerprint density at radius 1 is 1.12 bits per heavy atom. The quantitative estimate of drug-likeness (QED) is 0.270. The Kier molecular flexibility index (Phi) is 7.97. The lowest BCUT2D eigenvalue weighted by Gasteiger charge is -2.45. The Bertz CT molecular complexity index is 1530. The van der Waals surface area contributed by atoms with Gasteiger partial charge in [0, 0.05) is 55.4 Å². The normalized spacial score (nSPS) is 26.6. The Morgan fingerprint density at radius 2 is 1.93 bits per heavy atom. The maximum Gasteiger partial charge on any atom is 0.248 e. The molecule has 2 bridgehead atoms. The number of aromatic nitrogens is 2. The monoisotopic (exact) mass is 604 g/mol. The van der Waals surface area contributed by atoms with E-state index in [9.17, 15) is 9.18 Å². The van der Waals surface area contributed by atoms with E-state index in [0.29, 0.717) is 52.4 Å². The number of hydrogen-bond donors (Lipinski definition) is 2. The SMILES string of the molecule is CN1CC2C(CCOc3cc4ncnc(Nc5ccc(F)c(Cl)c5)c4cc3NC(=O)/C=C/CN3CC4CCC3CC4)C2C1. The number of rotatable bonds is 10. The predicted molar refractivity (Wildman–Crippen MR) is 167 cm³/mol. The van der Waals surface area contributed by atoms with E-state index in [1.54, 1.807) is 12.1 Å². The van der Waals surface area contributed by atoms with Crippen LogP contribution in [0.25, 0.3) is 10.9 Å². The first-order valence-corrected chi connectivity index (χ1v) is 15.8. The molecular formula is C33H38ClFN6O2. The van der Waals surface area contributed by atoms with Crippen LogP contribution in [0.15, 0.2) is 48.8 Å². The van der Waals surface area contributed by atoms with Crippen LogP contribution >= 0.6 is 11.6 Å². The molecule has 0 radical (unpaired) electrons. The van der Waals surface area contributed by atoms with Gasteiger partial charge in [-0.1, -0.05) is 17.7 Å². The van der Waals surface area contributed by atoms with E-state index in [1.807, 2.05) is 18.2 Å². The molecule has 2 aliphatic carbocycles. The lowest BCUT2D eigenvalue weighted by atomic mass is 9.80. The van der Waals surface area contributed by atoms with Gasteiger partial charge in [-0.05, 0) is 87.1 Å². The molecule has 5 aliphatic rings. The summed E-state index contributed by atoms with van der Waals surface area (Å²) in [5.74, 6) is 3.48. The number of hydrogen-bond acceptors (Lipinski definition) is 7. The fourth-order valence-corrected chi connectivity index (χ4v) is 7.75. The highest BCUT2D eigenvalue weighted by atomic mass is 35.5. The largest absolute Gasteiger partial charge is 0.491 e. The highest BCUT2D eigenvalue weighted by Crippen LogP contribution is 2.53. The topological polar surface area (TPSA) is 82.6 Å². The number of nitrogens with one attached hydrogen (secondary N) is 2. The summed E-state index contributed by atoms with van der Waals surface area (Å²) in [5, 5.41) is 6.97. The number of nitrogens with zero attached hydrogens (tertiary/aromatic N) is 4. The first kappa shape index (κ1) is 28.5. The molecule has 4 heterocycles. The fourth-order valence-electron chi connectivity index (χ4n) is 7.57. The standard InChI is InChI=1S/C33H38ClFN6O2/c1-40-17-25-23(26(25)18-40)10-12-43-31-15-29-24(33(37-19-36-29)38-21-6-9-28(35)27(34)13-21)14-30(31)39-32(42)3-2-11-41-16-20-4-7-22(41)8-5-20/h2-3,6,9,13-15,19-20,22-23,25-26H,4-5,7-8,10-12,16-18H2,1H3,(H,39,42)(H,36,37,38)/b3-2+. The lowest BCUT2D eigenvalue weighted by Crippen LogP contribution is -2.47. The van der Waals surface area contributed by atoms with Crippen LogP contribution in [-0.2, 0) is 4.79 Å². The van der Waals surface area contributed by atoms with E-state index < -0.39 is 5.82 Å². The molecule has 3 aliphatic heterocycles. The van der Waals surface area contributed by atoms with Crippen LogP contribution in [0.4, 0.5) is 21.6 Å². The van der Waals surface area contributed by atoms with E-state index in [2.05, 4.69) is 37.4 Å². The van der Waals surface area contributed by atoms with Crippen LogP contribution in [0.1, 0.15) is 32.1 Å². The molecule has 1 aromatic heterocycles. The Labute approximate surface area is 256 Å². The van der Waals surface area contributed by atoms with Gasteiger partial charge >= 0.3 is 0 Å². The van der Waals surface area contributed by atoms with E-state index in [-0.39, 0.29) is 10.9 Å². The minimum atomic E-state index is -0.491. The molecule has 226 valence electrons. The molecule has 2 unspecified atom stereocenters. The third-order valence-corrected chi connectivity index (χ3v) is 10.2. The molecule has 1 amide bonds. The summed E-state index contributed by atoms with van der Waals surface area (Å²) >= 11 is 6.00. The lowest BCUT2D eigenvalue weighted by molar-refractivity contribution is -0.111. The number of amides is 1. The summed E-state index contributed by atoms with van der Waals surface area (Å²) in [4.78, 5) is 26.9. The predicted octanol–water partition coefficient (Wildman–Crippen LogP) is 6.11. The summed E-state index contributed by atoms with van der Waals surface area (Å²) < 4.78 is 20.0. The van der Waals surface area contributed by atoms with Crippen LogP contribution in [0, 0.1) is 29.5 Å². The number of carbonyl (C=O) groups excluding carboxylic acids is 1.